The Labute approximate surface area is 155 Å². The Morgan fingerprint density at radius 3 is 2.12 bits per heavy atom. The lowest BCUT2D eigenvalue weighted by Crippen LogP contribution is -2.34. The number of carbonyl (C=O) groups excluding carboxylic acids is 3. The number of benzene rings is 1. The van der Waals surface area contributed by atoms with Crippen molar-refractivity contribution in [1.29, 1.82) is 0 Å². The predicted octanol–water partition coefficient (Wildman–Crippen LogP) is 3.76. The average Bonchev–Trinajstić information content (AvgIpc) is 3.00. The minimum atomic E-state index is -0.765. The highest BCUT2D eigenvalue weighted by Gasteiger charge is 2.43. The van der Waals surface area contributed by atoms with Crippen LogP contribution in [0.25, 0.3) is 0 Å². The summed E-state index contributed by atoms with van der Waals surface area (Å²) in [6, 6.07) is 6.91. The standard InChI is InChI=1S/C21H28O5/c1-12(2)19(13(3)4)26-21(24)18-16(10-11-17(18)22)14-6-8-15(9-7-14)20(23)25-5/h6-9,12-13,16,18-19H,10-11H2,1-5H3/t16-,18-/m0/s1. The predicted molar refractivity (Wildman–Crippen MR) is 97.8 cm³/mol. The van der Waals surface area contributed by atoms with Crippen LogP contribution in [0.3, 0.4) is 0 Å². The number of Topliss-reactive ketones (excluding diaryl/α,β-unsaturated/α-hetero) is 1. The van der Waals surface area contributed by atoms with Crippen molar-refractivity contribution in [1.82, 2.24) is 0 Å². The molecule has 0 amide bonds. The molecule has 0 bridgehead atoms. The smallest absolute Gasteiger partial charge is 0.337 e. The minimum absolute atomic E-state index is 0.0664. The third-order valence-corrected chi connectivity index (χ3v) is 5.03. The van der Waals surface area contributed by atoms with Crippen LogP contribution in [0.2, 0.25) is 0 Å². The highest BCUT2D eigenvalue weighted by molar-refractivity contribution is 6.02. The molecule has 5 nitrogen and oxygen atoms in total. The second-order valence-electron chi connectivity index (χ2n) is 7.59. The van der Waals surface area contributed by atoms with Crippen LogP contribution in [-0.2, 0) is 19.1 Å². The van der Waals surface area contributed by atoms with E-state index in [1.165, 1.54) is 7.11 Å². The molecule has 0 N–H and O–H groups in total. The summed E-state index contributed by atoms with van der Waals surface area (Å²) < 4.78 is 10.4. The molecule has 2 atom stereocenters. The van der Waals surface area contributed by atoms with Gasteiger partial charge in [0.15, 0.2) is 0 Å². The van der Waals surface area contributed by atoms with Crippen molar-refractivity contribution < 1.29 is 23.9 Å². The number of esters is 2. The number of hydrogen-bond donors (Lipinski definition) is 0. The summed E-state index contributed by atoms with van der Waals surface area (Å²) in [5, 5.41) is 0. The quantitative estimate of drug-likeness (QED) is 0.571. The van der Waals surface area contributed by atoms with Gasteiger partial charge in [-0.2, -0.15) is 0 Å². The zero-order valence-electron chi connectivity index (χ0n) is 16.2. The summed E-state index contributed by atoms with van der Waals surface area (Å²) in [6.07, 6.45) is 0.778. The van der Waals surface area contributed by atoms with E-state index in [1.807, 2.05) is 27.7 Å². The van der Waals surface area contributed by atoms with E-state index in [0.717, 1.165) is 5.56 Å². The maximum Gasteiger partial charge on any atom is 0.337 e. The Morgan fingerprint density at radius 2 is 1.62 bits per heavy atom. The summed E-state index contributed by atoms with van der Waals surface area (Å²) in [7, 11) is 1.33. The van der Waals surface area contributed by atoms with Crippen LogP contribution in [0.15, 0.2) is 24.3 Å². The second-order valence-corrected chi connectivity index (χ2v) is 7.59. The Balaban J connectivity index is 2.20. The SMILES string of the molecule is COC(=O)c1ccc([C@@H]2CCC(=O)[C@H]2C(=O)OC(C(C)C)C(C)C)cc1. The molecule has 0 heterocycles. The van der Waals surface area contributed by atoms with E-state index >= 15 is 0 Å². The maximum atomic E-state index is 12.8. The zero-order chi connectivity index (χ0) is 19.4. The Hall–Kier alpha value is -2.17. The minimum Gasteiger partial charge on any atom is -0.465 e. The van der Waals surface area contributed by atoms with Crippen molar-refractivity contribution in [3.63, 3.8) is 0 Å². The van der Waals surface area contributed by atoms with Gasteiger partial charge in [-0.15, -0.1) is 0 Å². The molecule has 0 spiro atoms. The van der Waals surface area contributed by atoms with Crippen LogP contribution < -0.4 is 0 Å². The van der Waals surface area contributed by atoms with E-state index in [-0.39, 0.29) is 29.6 Å². The van der Waals surface area contributed by atoms with Gasteiger partial charge in [0.1, 0.15) is 17.8 Å². The first kappa shape index (κ1) is 20.1. The van der Waals surface area contributed by atoms with Crippen molar-refractivity contribution in [2.24, 2.45) is 17.8 Å². The monoisotopic (exact) mass is 360 g/mol. The normalized spacial score (nSPS) is 20.1. The van der Waals surface area contributed by atoms with Crippen LogP contribution in [0.1, 0.15) is 62.4 Å². The molecule has 2 rings (SSSR count). The molecule has 5 heteroatoms. The van der Waals surface area contributed by atoms with Gasteiger partial charge in [0.05, 0.1) is 12.7 Å². The largest absolute Gasteiger partial charge is 0.465 e. The van der Waals surface area contributed by atoms with Crippen molar-refractivity contribution in [3.05, 3.63) is 35.4 Å². The summed E-state index contributed by atoms with van der Waals surface area (Å²) in [5.41, 5.74) is 1.32. The Bertz CT molecular complexity index is 651. The summed E-state index contributed by atoms with van der Waals surface area (Å²) in [6.45, 7) is 8.05. The molecule has 0 aliphatic heterocycles. The van der Waals surface area contributed by atoms with Gasteiger partial charge in [-0.3, -0.25) is 9.59 Å². The van der Waals surface area contributed by atoms with Crippen LogP contribution >= 0.6 is 0 Å². The van der Waals surface area contributed by atoms with Crippen LogP contribution in [0.5, 0.6) is 0 Å². The summed E-state index contributed by atoms with van der Waals surface area (Å²) >= 11 is 0. The molecule has 142 valence electrons. The van der Waals surface area contributed by atoms with Crippen LogP contribution in [-0.4, -0.2) is 30.9 Å². The summed E-state index contributed by atoms with van der Waals surface area (Å²) in [4.78, 5) is 36.7. The van der Waals surface area contributed by atoms with E-state index in [1.54, 1.807) is 24.3 Å². The number of ketones is 1. The highest BCUT2D eigenvalue weighted by atomic mass is 16.5. The first-order chi connectivity index (χ1) is 12.3. The van der Waals surface area contributed by atoms with Gasteiger partial charge in [0.2, 0.25) is 0 Å². The fraction of sp³-hybridized carbons (Fsp3) is 0.571. The van der Waals surface area contributed by atoms with Crippen molar-refractivity contribution >= 4 is 17.7 Å². The fourth-order valence-corrected chi connectivity index (χ4v) is 3.73. The third kappa shape index (κ3) is 4.32. The molecule has 1 aromatic rings. The molecular formula is C21H28O5. The Kier molecular flexibility index (Phi) is 6.57. The van der Waals surface area contributed by atoms with E-state index < -0.39 is 17.9 Å². The van der Waals surface area contributed by atoms with Crippen molar-refractivity contribution in [2.75, 3.05) is 7.11 Å². The lowest BCUT2D eigenvalue weighted by atomic mass is 9.87. The first-order valence-corrected chi connectivity index (χ1v) is 9.17. The lowest BCUT2D eigenvalue weighted by molar-refractivity contribution is -0.161. The van der Waals surface area contributed by atoms with Gasteiger partial charge in [-0.05, 0) is 36.0 Å². The van der Waals surface area contributed by atoms with Gasteiger partial charge in [-0.1, -0.05) is 39.8 Å². The van der Waals surface area contributed by atoms with Gasteiger partial charge in [-0.25, -0.2) is 4.79 Å². The second kappa shape index (κ2) is 8.47. The molecule has 0 radical (unpaired) electrons. The van der Waals surface area contributed by atoms with Gasteiger partial charge < -0.3 is 9.47 Å². The highest BCUT2D eigenvalue weighted by Crippen LogP contribution is 2.39. The zero-order valence-corrected chi connectivity index (χ0v) is 16.2. The molecule has 0 aromatic heterocycles. The van der Waals surface area contributed by atoms with Crippen LogP contribution in [0.4, 0.5) is 0 Å². The number of rotatable bonds is 6. The van der Waals surface area contributed by atoms with E-state index in [2.05, 4.69) is 0 Å². The lowest BCUT2D eigenvalue weighted by Gasteiger charge is -2.27. The topological polar surface area (TPSA) is 69.7 Å². The third-order valence-electron chi connectivity index (χ3n) is 5.03. The molecule has 1 fully saturated rings. The molecule has 1 saturated carbocycles. The maximum absolute atomic E-state index is 12.8. The van der Waals surface area contributed by atoms with Gasteiger partial charge >= 0.3 is 11.9 Å². The van der Waals surface area contributed by atoms with Gasteiger partial charge in [0, 0.05) is 12.3 Å². The average molecular weight is 360 g/mol. The van der Waals surface area contributed by atoms with Crippen molar-refractivity contribution in [3.8, 4) is 0 Å². The van der Waals surface area contributed by atoms with Gasteiger partial charge in [0.25, 0.3) is 0 Å². The number of carbonyl (C=O) groups is 3. The van der Waals surface area contributed by atoms with Crippen molar-refractivity contribution in [2.45, 2.75) is 52.6 Å². The molecule has 1 aliphatic rings. The molecule has 0 saturated heterocycles. The first-order valence-electron chi connectivity index (χ1n) is 9.17. The number of ether oxygens (including phenoxy) is 2. The molecule has 0 unspecified atom stereocenters. The number of methoxy groups -OCH3 is 1. The van der Waals surface area contributed by atoms with E-state index in [9.17, 15) is 14.4 Å². The molecule has 26 heavy (non-hydrogen) atoms. The van der Waals surface area contributed by atoms with E-state index in [0.29, 0.717) is 18.4 Å². The molecular weight excluding hydrogens is 332 g/mol. The summed E-state index contributed by atoms with van der Waals surface area (Å²) in [5.74, 6) is -1.50. The molecule has 1 aromatic carbocycles. The van der Waals surface area contributed by atoms with E-state index in [4.69, 9.17) is 9.47 Å². The Morgan fingerprint density at radius 1 is 1.04 bits per heavy atom. The van der Waals surface area contributed by atoms with Crippen LogP contribution in [0, 0.1) is 17.8 Å². The molecule has 1 aliphatic carbocycles. The fourth-order valence-electron chi connectivity index (χ4n) is 3.73. The number of hydrogen-bond acceptors (Lipinski definition) is 5.